The number of amides is 2. The summed E-state index contributed by atoms with van der Waals surface area (Å²) in [6.07, 6.45) is 0.0488. The third kappa shape index (κ3) is 6.10. The van der Waals surface area contributed by atoms with E-state index in [1.165, 1.54) is 17.8 Å². The van der Waals surface area contributed by atoms with Crippen molar-refractivity contribution in [1.82, 2.24) is 19.7 Å². The van der Waals surface area contributed by atoms with Gasteiger partial charge in [-0.15, -0.1) is 10.2 Å². The van der Waals surface area contributed by atoms with Crippen molar-refractivity contribution in [2.75, 3.05) is 49.3 Å². The van der Waals surface area contributed by atoms with Crippen LogP contribution in [0.2, 0.25) is 0 Å². The average molecular weight is 499 g/mol. The smallest absolute Gasteiger partial charge is 0.233 e. The molecule has 1 fully saturated rings. The highest BCUT2D eigenvalue weighted by molar-refractivity contribution is 7.99. The van der Waals surface area contributed by atoms with Crippen molar-refractivity contribution in [2.24, 2.45) is 7.05 Å². The molecule has 184 valence electrons. The molecule has 4 rings (SSSR count). The van der Waals surface area contributed by atoms with Gasteiger partial charge in [0.2, 0.25) is 11.8 Å². The molecular formula is C24H27FN6O3S. The maximum atomic E-state index is 14.0. The summed E-state index contributed by atoms with van der Waals surface area (Å²) in [4.78, 5) is 28.9. The van der Waals surface area contributed by atoms with Crippen molar-refractivity contribution >= 4 is 35.0 Å². The van der Waals surface area contributed by atoms with Gasteiger partial charge in [-0.1, -0.05) is 30.0 Å². The Morgan fingerprint density at radius 2 is 1.86 bits per heavy atom. The molecule has 1 N–H and O–H groups in total. The lowest BCUT2D eigenvalue weighted by molar-refractivity contribution is -0.128. The first-order valence-corrected chi connectivity index (χ1v) is 12.2. The lowest BCUT2D eigenvalue weighted by Gasteiger charge is -2.36. The third-order valence-corrected chi connectivity index (χ3v) is 6.75. The Hall–Kier alpha value is -3.60. The highest BCUT2D eigenvalue weighted by Crippen LogP contribution is 2.22. The number of methoxy groups -OCH3 is 1. The molecule has 2 aromatic carbocycles. The first-order chi connectivity index (χ1) is 16.9. The van der Waals surface area contributed by atoms with Gasteiger partial charge >= 0.3 is 0 Å². The molecule has 2 heterocycles. The Morgan fingerprint density at radius 1 is 1.09 bits per heavy atom. The molecule has 0 bridgehead atoms. The Labute approximate surface area is 207 Å². The van der Waals surface area contributed by atoms with Crippen LogP contribution in [-0.2, 0) is 23.1 Å². The number of thioether (sulfide) groups is 1. The summed E-state index contributed by atoms with van der Waals surface area (Å²) in [6.45, 7) is 2.21. The summed E-state index contributed by atoms with van der Waals surface area (Å²) in [7, 11) is 3.34. The van der Waals surface area contributed by atoms with E-state index in [1.807, 2.05) is 11.0 Å². The minimum absolute atomic E-state index is 0.0106. The number of anilines is 2. The zero-order chi connectivity index (χ0) is 24.8. The molecule has 0 saturated carbocycles. The van der Waals surface area contributed by atoms with Gasteiger partial charge in [-0.25, -0.2) is 4.39 Å². The fraction of sp³-hybridized carbons (Fsp3) is 0.333. The van der Waals surface area contributed by atoms with Crippen LogP contribution in [0.4, 0.5) is 15.8 Å². The quantitative estimate of drug-likeness (QED) is 0.477. The van der Waals surface area contributed by atoms with Crippen LogP contribution < -0.4 is 15.0 Å². The predicted octanol–water partition coefficient (Wildman–Crippen LogP) is 2.58. The average Bonchev–Trinajstić information content (AvgIpc) is 3.21. The van der Waals surface area contributed by atoms with Crippen molar-refractivity contribution in [1.29, 1.82) is 0 Å². The second-order valence-electron chi connectivity index (χ2n) is 8.02. The summed E-state index contributed by atoms with van der Waals surface area (Å²) >= 11 is 1.28. The highest BCUT2D eigenvalue weighted by atomic mass is 32.2. The molecule has 11 heteroatoms. The molecule has 1 saturated heterocycles. The van der Waals surface area contributed by atoms with E-state index in [0.29, 0.717) is 54.3 Å². The minimum atomic E-state index is -0.252. The van der Waals surface area contributed by atoms with Gasteiger partial charge in [0.25, 0.3) is 0 Å². The van der Waals surface area contributed by atoms with E-state index in [4.69, 9.17) is 4.74 Å². The standard InChI is InChI=1S/C24H27FN6O3S/c1-29-21(15-22(32)26-17-6-5-7-18(14-17)34-2)27-28-24(29)35-16-23(33)31-12-10-30(11-13-31)20-9-4-3-8-19(20)25/h3-9,14H,10-13,15-16H2,1-2H3,(H,26,32). The van der Waals surface area contributed by atoms with Crippen molar-refractivity contribution in [3.05, 3.63) is 60.2 Å². The number of nitrogens with zero attached hydrogens (tertiary/aromatic N) is 5. The number of carbonyl (C=O) groups excluding carboxylic acids is 2. The molecule has 0 radical (unpaired) electrons. The number of carbonyl (C=O) groups is 2. The zero-order valence-corrected chi connectivity index (χ0v) is 20.4. The topological polar surface area (TPSA) is 92.6 Å². The van der Waals surface area contributed by atoms with Crippen LogP contribution in [0, 0.1) is 5.82 Å². The summed E-state index contributed by atoms with van der Waals surface area (Å²) in [6, 6.07) is 13.8. The van der Waals surface area contributed by atoms with E-state index in [-0.39, 0.29) is 29.8 Å². The number of hydrogen-bond donors (Lipinski definition) is 1. The number of piperazine rings is 1. The van der Waals surface area contributed by atoms with Crippen molar-refractivity contribution < 1.29 is 18.7 Å². The van der Waals surface area contributed by atoms with Crippen LogP contribution in [0.1, 0.15) is 5.82 Å². The largest absolute Gasteiger partial charge is 0.497 e. The van der Waals surface area contributed by atoms with Gasteiger partial charge < -0.3 is 24.4 Å². The normalized spacial score (nSPS) is 13.6. The third-order valence-electron chi connectivity index (χ3n) is 5.75. The lowest BCUT2D eigenvalue weighted by atomic mass is 10.2. The number of rotatable bonds is 8. The molecule has 2 amide bonds. The molecule has 1 aliphatic heterocycles. The number of hydrogen-bond acceptors (Lipinski definition) is 7. The molecule has 0 unspecified atom stereocenters. The van der Waals surface area contributed by atoms with E-state index >= 15 is 0 Å². The molecule has 3 aromatic rings. The van der Waals surface area contributed by atoms with E-state index in [0.717, 1.165) is 0 Å². The molecule has 1 aromatic heterocycles. The molecule has 1 aliphatic rings. The van der Waals surface area contributed by atoms with Crippen molar-refractivity contribution in [2.45, 2.75) is 11.6 Å². The maximum Gasteiger partial charge on any atom is 0.233 e. The molecule has 0 spiro atoms. The second-order valence-corrected chi connectivity index (χ2v) is 8.97. The molecular weight excluding hydrogens is 471 g/mol. The Kier molecular flexibility index (Phi) is 7.86. The summed E-state index contributed by atoms with van der Waals surface area (Å²) in [5, 5.41) is 11.6. The van der Waals surface area contributed by atoms with E-state index in [9.17, 15) is 14.0 Å². The van der Waals surface area contributed by atoms with Crippen LogP contribution in [0.3, 0.4) is 0 Å². The monoisotopic (exact) mass is 498 g/mol. The van der Waals surface area contributed by atoms with Gasteiger partial charge in [-0.2, -0.15) is 0 Å². The van der Waals surface area contributed by atoms with Gasteiger partial charge in [0, 0.05) is 45.0 Å². The van der Waals surface area contributed by atoms with Crippen LogP contribution in [-0.4, -0.2) is 70.5 Å². The molecule has 9 nitrogen and oxygen atoms in total. The van der Waals surface area contributed by atoms with Crippen molar-refractivity contribution in [3.63, 3.8) is 0 Å². The number of nitrogens with one attached hydrogen (secondary N) is 1. The Bertz CT molecular complexity index is 1200. The Morgan fingerprint density at radius 3 is 2.60 bits per heavy atom. The fourth-order valence-electron chi connectivity index (χ4n) is 3.80. The van der Waals surface area contributed by atoms with Crippen LogP contribution in [0.25, 0.3) is 0 Å². The van der Waals surface area contributed by atoms with E-state index in [2.05, 4.69) is 15.5 Å². The highest BCUT2D eigenvalue weighted by Gasteiger charge is 2.23. The predicted molar refractivity (Wildman–Crippen MR) is 132 cm³/mol. The summed E-state index contributed by atoms with van der Waals surface area (Å²) in [5.74, 6) is 0.870. The number of para-hydroxylation sites is 1. The second kappa shape index (κ2) is 11.2. The number of ether oxygens (including phenoxy) is 1. The molecule has 0 aliphatic carbocycles. The van der Waals surface area contributed by atoms with Gasteiger partial charge in [0.05, 0.1) is 25.0 Å². The minimum Gasteiger partial charge on any atom is -0.497 e. The Balaban J connectivity index is 1.26. The van der Waals surface area contributed by atoms with E-state index in [1.54, 1.807) is 60.0 Å². The molecule has 0 atom stereocenters. The first kappa shape index (κ1) is 24.5. The van der Waals surface area contributed by atoms with Crippen LogP contribution >= 0.6 is 11.8 Å². The van der Waals surface area contributed by atoms with Gasteiger partial charge in [0.1, 0.15) is 17.4 Å². The van der Waals surface area contributed by atoms with Gasteiger partial charge in [-0.3, -0.25) is 9.59 Å². The number of benzene rings is 2. The summed E-state index contributed by atoms with van der Waals surface area (Å²) in [5.41, 5.74) is 1.20. The maximum absolute atomic E-state index is 14.0. The van der Waals surface area contributed by atoms with Crippen LogP contribution in [0.5, 0.6) is 5.75 Å². The zero-order valence-electron chi connectivity index (χ0n) is 19.6. The van der Waals surface area contributed by atoms with E-state index < -0.39 is 0 Å². The first-order valence-electron chi connectivity index (χ1n) is 11.2. The van der Waals surface area contributed by atoms with Crippen molar-refractivity contribution in [3.8, 4) is 5.75 Å². The lowest BCUT2D eigenvalue weighted by Crippen LogP contribution is -2.49. The van der Waals surface area contributed by atoms with Gasteiger partial charge in [-0.05, 0) is 24.3 Å². The SMILES string of the molecule is COc1cccc(NC(=O)Cc2nnc(SCC(=O)N3CCN(c4ccccc4F)CC3)n2C)c1. The summed E-state index contributed by atoms with van der Waals surface area (Å²) < 4.78 is 20.9. The number of halogens is 1. The fourth-order valence-corrected chi connectivity index (χ4v) is 4.63. The molecule has 35 heavy (non-hydrogen) atoms. The van der Waals surface area contributed by atoms with Gasteiger partial charge in [0.15, 0.2) is 5.16 Å². The number of aromatic nitrogens is 3. The van der Waals surface area contributed by atoms with Crippen LogP contribution in [0.15, 0.2) is 53.7 Å².